The molecule has 4 heteroatoms. The minimum absolute atomic E-state index is 0.279. The van der Waals surface area contributed by atoms with Crippen LogP contribution >= 0.6 is 0 Å². The topological polar surface area (TPSA) is 39.2 Å². The zero-order chi connectivity index (χ0) is 14.5. The second kappa shape index (κ2) is 6.10. The minimum Gasteiger partial charge on any atom is -0.465 e. The number of ether oxygens (including phenoxy) is 1. The zero-order valence-electron chi connectivity index (χ0n) is 11.3. The maximum Gasteiger partial charge on any atom is 0.338 e. The maximum absolute atomic E-state index is 12.9. The predicted octanol–water partition coefficient (Wildman–Crippen LogP) is 3.57. The number of methoxy groups -OCH3 is 1. The highest BCUT2D eigenvalue weighted by Gasteiger charge is 2.10. The molecule has 0 aliphatic rings. The van der Waals surface area contributed by atoms with E-state index >= 15 is 0 Å². The highest BCUT2D eigenvalue weighted by Crippen LogP contribution is 2.20. The highest BCUT2D eigenvalue weighted by molar-refractivity contribution is 5.95. The van der Waals surface area contributed by atoms with Crippen LogP contribution in [0.2, 0.25) is 0 Å². The van der Waals surface area contributed by atoms with E-state index in [4.69, 9.17) is 4.74 Å². The van der Waals surface area contributed by atoms with E-state index in [1.54, 1.807) is 24.4 Å². The standard InChI is InChI=1S/C16H14FNO2/c1-11(12-3-5-14(17)6-4-12)9-13-10-18-8-7-15(13)16(19)20-2/h3-10H,1-2H3. The van der Waals surface area contributed by atoms with Crippen LogP contribution in [0.4, 0.5) is 4.39 Å². The number of benzene rings is 1. The van der Waals surface area contributed by atoms with Gasteiger partial charge in [0.2, 0.25) is 0 Å². The summed E-state index contributed by atoms with van der Waals surface area (Å²) in [6, 6.07) is 7.79. The van der Waals surface area contributed by atoms with Gasteiger partial charge in [0.25, 0.3) is 0 Å². The van der Waals surface area contributed by atoms with E-state index in [0.717, 1.165) is 11.1 Å². The van der Waals surface area contributed by atoms with Crippen molar-refractivity contribution < 1.29 is 13.9 Å². The summed E-state index contributed by atoms with van der Waals surface area (Å²) in [5.41, 5.74) is 2.90. The Balaban J connectivity index is 2.39. The van der Waals surface area contributed by atoms with Crippen LogP contribution in [0.25, 0.3) is 11.6 Å². The Morgan fingerprint density at radius 1 is 1.25 bits per heavy atom. The third kappa shape index (κ3) is 3.09. The fourth-order valence-electron chi connectivity index (χ4n) is 1.85. The molecule has 0 spiro atoms. The SMILES string of the molecule is COC(=O)c1ccncc1C=C(C)c1ccc(F)cc1. The first kappa shape index (κ1) is 13.9. The number of hydrogen-bond acceptors (Lipinski definition) is 3. The lowest BCUT2D eigenvalue weighted by atomic mass is 10.0. The molecule has 0 saturated carbocycles. The van der Waals surface area contributed by atoms with E-state index in [-0.39, 0.29) is 5.82 Å². The Hall–Kier alpha value is -2.49. The summed E-state index contributed by atoms with van der Waals surface area (Å²) in [6.07, 6.45) is 4.96. The summed E-state index contributed by atoms with van der Waals surface area (Å²) < 4.78 is 17.6. The van der Waals surface area contributed by atoms with Crippen molar-refractivity contribution in [3.8, 4) is 0 Å². The lowest BCUT2D eigenvalue weighted by Crippen LogP contribution is -2.04. The summed E-state index contributed by atoms with van der Waals surface area (Å²) in [5.74, 6) is -0.691. The lowest BCUT2D eigenvalue weighted by molar-refractivity contribution is 0.0600. The number of halogens is 1. The van der Waals surface area contributed by atoms with Crippen molar-refractivity contribution in [1.29, 1.82) is 0 Å². The van der Waals surface area contributed by atoms with Crippen LogP contribution in [0.1, 0.15) is 28.4 Å². The molecule has 102 valence electrons. The number of allylic oxidation sites excluding steroid dienone is 1. The van der Waals surface area contributed by atoms with Gasteiger partial charge in [0.15, 0.2) is 0 Å². The van der Waals surface area contributed by atoms with Crippen LogP contribution in [0, 0.1) is 5.82 Å². The Morgan fingerprint density at radius 3 is 2.60 bits per heavy atom. The molecule has 0 saturated heterocycles. The molecule has 1 heterocycles. The average molecular weight is 271 g/mol. The Bertz CT molecular complexity index is 648. The molecule has 0 N–H and O–H groups in total. The second-order valence-corrected chi connectivity index (χ2v) is 4.29. The van der Waals surface area contributed by atoms with E-state index in [1.807, 2.05) is 13.0 Å². The molecule has 1 aromatic carbocycles. The summed E-state index contributed by atoms with van der Waals surface area (Å²) in [4.78, 5) is 15.7. The average Bonchev–Trinajstić information content (AvgIpc) is 2.47. The van der Waals surface area contributed by atoms with Gasteiger partial charge in [-0.3, -0.25) is 4.98 Å². The molecule has 0 aliphatic carbocycles. The van der Waals surface area contributed by atoms with E-state index < -0.39 is 5.97 Å². The maximum atomic E-state index is 12.9. The highest BCUT2D eigenvalue weighted by atomic mass is 19.1. The van der Waals surface area contributed by atoms with Crippen molar-refractivity contribution in [1.82, 2.24) is 4.98 Å². The summed E-state index contributed by atoms with van der Waals surface area (Å²) in [7, 11) is 1.34. The third-order valence-corrected chi connectivity index (χ3v) is 2.93. The fraction of sp³-hybridized carbons (Fsp3) is 0.125. The van der Waals surface area contributed by atoms with Crippen LogP contribution in [0.5, 0.6) is 0 Å². The van der Waals surface area contributed by atoms with Gasteiger partial charge in [0.1, 0.15) is 5.82 Å². The number of pyridine rings is 1. The van der Waals surface area contributed by atoms with Crippen LogP contribution in [0.15, 0.2) is 42.7 Å². The Morgan fingerprint density at radius 2 is 1.95 bits per heavy atom. The molecule has 0 amide bonds. The van der Waals surface area contributed by atoms with Gasteiger partial charge in [-0.1, -0.05) is 12.1 Å². The van der Waals surface area contributed by atoms with Crippen molar-refractivity contribution in [2.75, 3.05) is 7.11 Å². The number of carbonyl (C=O) groups is 1. The Labute approximate surface area is 116 Å². The number of esters is 1. The molecule has 1 aromatic heterocycles. The first-order chi connectivity index (χ1) is 9.61. The van der Waals surface area contributed by atoms with Gasteiger partial charge in [-0.25, -0.2) is 9.18 Å². The van der Waals surface area contributed by atoms with Crippen molar-refractivity contribution in [2.45, 2.75) is 6.92 Å². The van der Waals surface area contributed by atoms with Gasteiger partial charge >= 0.3 is 5.97 Å². The normalized spacial score (nSPS) is 11.2. The van der Waals surface area contributed by atoms with Crippen molar-refractivity contribution in [3.05, 3.63) is 65.2 Å². The van der Waals surface area contributed by atoms with E-state index in [1.165, 1.54) is 25.4 Å². The molecule has 2 aromatic rings. The molecular formula is C16H14FNO2. The number of aromatic nitrogens is 1. The molecule has 0 atom stereocenters. The molecule has 0 bridgehead atoms. The fourth-order valence-corrected chi connectivity index (χ4v) is 1.85. The first-order valence-corrected chi connectivity index (χ1v) is 6.08. The van der Waals surface area contributed by atoms with Gasteiger partial charge in [0, 0.05) is 18.0 Å². The molecule has 0 fully saturated rings. The number of nitrogens with zero attached hydrogens (tertiary/aromatic N) is 1. The lowest BCUT2D eigenvalue weighted by Gasteiger charge is -2.06. The van der Waals surface area contributed by atoms with E-state index in [0.29, 0.717) is 11.1 Å². The predicted molar refractivity (Wildman–Crippen MR) is 75.5 cm³/mol. The van der Waals surface area contributed by atoms with E-state index in [9.17, 15) is 9.18 Å². The van der Waals surface area contributed by atoms with Gasteiger partial charge in [-0.05, 0) is 42.3 Å². The molecule has 0 unspecified atom stereocenters. The molecule has 2 rings (SSSR count). The molecule has 0 radical (unpaired) electrons. The van der Waals surface area contributed by atoms with Crippen molar-refractivity contribution in [3.63, 3.8) is 0 Å². The summed E-state index contributed by atoms with van der Waals surface area (Å²) in [5, 5.41) is 0. The minimum atomic E-state index is -0.412. The van der Waals surface area contributed by atoms with Gasteiger partial charge < -0.3 is 4.74 Å². The number of hydrogen-bond donors (Lipinski definition) is 0. The van der Waals surface area contributed by atoms with Crippen LogP contribution in [0.3, 0.4) is 0 Å². The van der Waals surface area contributed by atoms with Crippen LogP contribution in [-0.2, 0) is 4.74 Å². The van der Waals surface area contributed by atoms with Crippen LogP contribution < -0.4 is 0 Å². The molecule has 3 nitrogen and oxygen atoms in total. The second-order valence-electron chi connectivity index (χ2n) is 4.29. The quantitative estimate of drug-likeness (QED) is 0.801. The monoisotopic (exact) mass is 271 g/mol. The number of rotatable bonds is 3. The zero-order valence-corrected chi connectivity index (χ0v) is 11.3. The Kier molecular flexibility index (Phi) is 4.25. The van der Waals surface area contributed by atoms with Crippen LogP contribution in [-0.4, -0.2) is 18.1 Å². The van der Waals surface area contributed by atoms with E-state index in [2.05, 4.69) is 4.98 Å². The van der Waals surface area contributed by atoms with Gasteiger partial charge in [-0.2, -0.15) is 0 Å². The molecule has 20 heavy (non-hydrogen) atoms. The van der Waals surface area contributed by atoms with Gasteiger partial charge in [-0.15, -0.1) is 0 Å². The van der Waals surface area contributed by atoms with Gasteiger partial charge in [0.05, 0.1) is 12.7 Å². The van der Waals surface area contributed by atoms with Crippen molar-refractivity contribution in [2.24, 2.45) is 0 Å². The molecule has 0 aliphatic heterocycles. The third-order valence-electron chi connectivity index (χ3n) is 2.93. The smallest absolute Gasteiger partial charge is 0.338 e. The molecular weight excluding hydrogens is 257 g/mol. The summed E-state index contributed by atoms with van der Waals surface area (Å²) in [6.45, 7) is 1.89. The number of carbonyl (C=O) groups excluding carboxylic acids is 1. The van der Waals surface area contributed by atoms with Crippen molar-refractivity contribution >= 4 is 17.6 Å². The first-order valence-electron chi connectivity index (χ1n) is 6.08. The summed E-state index contributed by atoms with van der Waals surface area (Å²) >= 11 is 0. The largest absolute Gasteiger partial charge is 0.465 e.